The Balaban J connectivity index is 2.03. The zero-order valence-electron chi connectivity index (χ0n) is 10.2. The van der Waals surface area contributed by atoms with Gasteiger partial charge in [0.15, 0.2) is 5.11 Å². The molecule has 0 fully saturated rings. The van der Waals surface area contributed by atoms with Crippen LogP contribution in [0.5, 0.6) is 0 Å². The van der Waals surface area contributed by atoms with Crippen molar-refractivity contribution < 1.29 is 8.78 Å². The van der Waals surface area contributed by atoms with Crippen LogP contribution >= 0.6 is 12.2 Å². The lowest BCUT2D eigenvalue weighted by Crippen LogP contribution is -2.19. The molecule has 0 saturated carbocycles. The zero-order chi connectivity index (χ0) is 13.8. The molecule has 2 rings (SSSR count). The molecule has 0 saturated heterocycles. The molecule has 0 radical (unpaired) electrons. The van der Waals surface area contributed by atoms with Gasteiger partial charge < -0.3 is 10.6 Å². The lowest BCUT2D eigenvalue weighted by molar-refractivity contribution is 0.627. The van der Waals surface area contributed by atoms with Crippen LogP contribution in [0.15, 0.2) is 42.5 Å². The first-order valence-electron chi connectivity index (χ1n) is 5.64. The highest BCUT2D eigenvalue weighted by molar-refractivity contribution is 7.80. The summed E-state index contributed by atoms with van der Waals surface area (Å²) >= 11 is 5.13. The fraction of sp³-hybridized carbons (Fsp3) is 0.0714. The Morgan fingerprint density at radius 2 is 1.58 bits per heavy atom. The maximum absolute atomic E-state index is 13.0. The Bertz CT molecular complexity index is 597. The van der Waals surface area contributed by atoms with Crippen molar-refractivity contribution in [1.82, 2.24) is 0 Å². The van der Waals surface area contributed by atoms with E-state index in [0.717, 1.165) is 11.3 Å². The molecule has 98 valence electrons. The molecule has 0 aliphatic heterocycles. The first-order valence-corrected chi connectivity index (χ1v) is 6.05. The SMILES string of the molecule is Cc1cc(F)ccc1NC(=S)Nc1ccc(F)cc1. The average molecular weight is 278 g/mol. The van der Waals surface area contributed by atoms with Gasteiger partial charge in [0.1, 0.15) is 11.6 Å². The lowest BCUT2D eigenvalue weighted by Gasteiger charge is -2.12. The van der Waals surface area contributed by atoms with Gasteiger partial charge in [0.2, 0.25) is 0 Å². The molecule has 0 aliphatic carbocycles. The maximum atomic E-state index is 13.0. The van der Waals surface area contributed by atoms with Crippen LogP contribution in [0.4, 0.5) is 20.2 Å². The van der Waals surface area contributed by atoms with Gasteiger partial charge in [-0.2, -0.15) is 0 Å². The highest BCUT2D eigenvalue weighted by atomic mass is 32.1. The van der Waals surface area contributed by atoms with Crippen molar-refractivity contribution >= 4 is 28.7 Å². The van der Waals surface area contributed by atoms with Gasteiger partial charge in [0.05, 0.1) is 0 Å². The molecule has 2 N–H and O–H groups in total. The standard InChI is InChI=1S/C14H12F2N2S/c1-9-8-11(16)4-7-13(9)18-14(19)17-12-5-2-10(15)3-6-12/h2-8H,1H3,(H2,17,18,19). The number of hydrogen-bond donors (Lipinski definition) is 2. The maximum Gasteiger partial charge on any atom is 0.175 e. The molecule has 0 heterocycles. The molecule has 0 amide bonds. The zero-order valence-corrected chi connectivity index (χ0v) is 11.0. The van der Waals surface area contributed by atoms with Crippen LogP contribution in [0.1, 0.15) is 5.56 Å². The molecular formula is C14H12F2N2S. The molecule has 19 heavy (non-hydrogen) atoms. The first kappa shape index (κ1) is 13.4. The summed E-state index contributed by atoms with van der Waals surface area (Å²) in [6, 6.07) is 10.2. The van der Waals surface area contributed by atoms with E-state index in [9.17, 15) is 8.78 Å². The molecule has 0 unspecified atom stereocenters. The van der Waals surface area contributed by atoms with Crippen molar-refractivity contribution in [2.45, 2.75) is 6.92 Å². The molecule has 5 heteroatoms. The topological polar surface area (TPSA) is 24.1 Å². The van der Waals surface area contributed by atoms with E-state index < -0.39 is 0 Å². The van der Waals surface area contributed by atoms with E-state index in [1.807, 2.05) is 0 Å². The normalized spacial score (nSPS) is 10.1. The Morgan fingerprint density at radius 3 is 2.21 bits per heavy atom. The Morgan fingerprint density at radius 1 is 0.947 bits per heavy atom. The predicted molar refractivity (Wildman–Crippen MR) is 77.4 cm³/mol. The Kier molecular flexibility index (Phi) is 4.06. The van der Waals surface area contributed by atoms with Crippen LogP contribution in [-0.4, -0.2) is 5.11 Å². The van der Waals surface area contributed by atoms with Gasteiger partial charge in [-0.25, -0.2) is 8.78 Å². The number of rotatable bonds is 2. The van der Waals surface area contributed by atoms with Gasteiger partial charge in [-0.3, -0.25) is 0 Å². The van der Waals surface area contributed by atoms with Crippen molar-refractivity contribution in [3.63, 3.8) is 0 Å². The molecule has 0 spiro atoms. The van der Waals surface area contributed by atoms with Crippen molar-refractivity contribution in [3.05, 3.63) is 59.7 Å². The summed E-state index contributed by atoms with van der Waals surface area (Å²) in [6.07, 6.45) is 0. The Labute approximate surface area is 115 Å². The third-order valence-corrected chi connectivity index (χ3v) is 2.74. The second-order valence-electron chi connectivity index (χ2n) is 4.05. The minimum Gasteiger partial charge on any atom is -0.332 e. The summed E-state index contributed by atoms with van der Waals surface area (Å²) < 4.78 is 25.7. The molecule has 2 aromatic carbocycles. The molecule has 0 aliphatic rings. The number of thiocarbonyl (C=S) groups is 1. The lowest BCUT2D eigenvalue weighted by atomic mass is 10.2. The largest absolute Gasteiger partial charge is 0.332 e. The van der Waals surface area contributed by atoms with Crippen LogP contribution in [-0.2, 0) is 0 Å². The fourth-order valence-corrected chi connectivity index (χ4v) is 1.81. The van der Waals surface area contributed by atoms with Crippen molar-refractivity contribution in [3.8, 4) is 0 Å². The van der Waals surface area contributed by atoms with Crippen molar-refractivity contribution in [2.24, 2.45) is 0 Å². The second-order valence-corrected chi connectivity index (χ2v) is 4.45. The number of aryl methyl sites for hydroxylation is 1. The number of halogens is 2. The third-order valence-electron chi connectivity index (χ3n) is 2.54. The first-order chi connectivity index (χ1) is 9.04. The van der Waals surface area contributed by atoms with Gasteiger partial charge in [0, 0.05) is 11.4 Å². The monoisotopic (exact) mass is 278 g/mol. The highest BCUT2D eigenvalue weighted by Gasteiger charge is 2.03. The molecule has 2 nitrogen and oxygen atoms in total. The van der Waals surface area contributed by atoms with Gasteiger partial charge in [-0.05, 0) is 67.2 Å². The number of benzene rings is 2. The van der Waals surface area contributed by atoms with Crippen LogP contribution < -0.4 is 10.6 Å². The predicted octanol–water partition coefficient (Wildman–Crippen LogP) is 4.08. The van der Waals surface area contributed by atoms with E-state index in [1.165, 1.54) is 24.3 Å². The molecule has 0 atom stereocenters. The second kappa shape index (κ2) is 5.75. The van der Waals surface area contributed by atoms with Gasteiger partial charge in [0.25, 0.3) is 0 Å². The summed E-state index contributed by atoms with van der Waals surface area (Å²) in [5.41, 5.74) is 2.16. The van der Waals surface area contributed by atoms with Gasteiger partial charge in [-0.15, -0.1) is 0 Å². The summed E-state index contributed by atoms with van der Waals surface area (Å²) in [5.74, 6) is -0.598. The molecule has 2 aromatic rings. The van der Waals surface area contributed by atoms with E-state index >= 15 is 0 Å². The van der Waals surface area contributed by atoms with E-state index in [-0.39, 0.29) is 11.6 Å². The summed E-state index contributed by atoms with van der Waals surface area (Å²) in [6.45, 7) is 1.78. The number of nitrogens with one attached hydrogen (secondary N) is 2. The van der Waals surface area contributed by atoms with Gasteiger partial charge >= 0.3 is 0 Å². The molecule has 0 bridgehead atoms. The van der Waals surface area contributed by atoms with Crippen LogP contribution in [0.3, 0.4) is 0 Å². The van der Waals surface area contributed by atoms with E-state index in [1.54, 1.807) is 25.1 Å². The van der Waals surface area contributed by atoms with Crippen molar-refractivity contribution in [1.29, 1.82) is 0 Å². The average Bonchev–Trinajstić information content (AvgIpc) is 2.36. The van der Waals surface area contributed by atoms with E-state index in [4.69, 9.17) is 12.2 Å². The molecule has 0 aromatic heterocycles. The number of anilines is 2. The summed E-state index contributed by atoms with van der Waals surface area (Å²) in [4.78, 5) is 0. The minimum absolute atomic E-state index is 0.291. The molecular weight excluding hydrogens is 266 g/mol. The minimum atomic E-state index is -0.307. The van der Waals surface area contributed by atoms with Crippen molar-refractivity contribution in [2.75, 3.05) is 10.6 Å². The smallest absolute Gasteiger partial charge is 0.175 e. The van der Waals surface area contributed by atoms with Crippen LogP contribution in [0.2, 0.25) is 0 Å². The van der Waals surface area contributed by atoms with E-state index in [0.29, 0.717) is 10.8 Å². The highest BCUT2D eigenvalue weighted by Crippen LogP contribution is 2.16. The van der Waals surface area contributed by atoms with Gasteiger partial charge in [-0.1, -0.05) is 0 Å². The summed E-state index contributed by atoms with van der Waals surface area (Å²) in [7, 11) is 0. The van der Waals surface area contributed by atoms with Crippen LogP contribution in [0, 0.1) is 18.6 Å². The number of hydrogen-bond acceptors (Lipinski definition) is 1. The van der Waals surface area contributed by atoms with Crippen LogP contribution in [0.25, 0.3) is 0 Å². The van der Waals surface area contributed by atoms with E-state index in [2.05, 4.69) is 10.6 Å². The fourth-order valence-electron chi connectivity index (χ4n) is 1.59. The summed E-state index contributed by atoms with van der Waals surface area (Å²) in [5, 5.41) is 6.24. The quantitative estimate of drug-likeness (QED) is 0.809. The third kappa shape index (κ3) is 3.72. The Hall–Kier alpha value is -2.01.